The molecular formula is C22H22BrFN6O. The fraction of sp³-hybridized carbons (Fsp3) is 0.273. The molecule has 0 atom stereocenters. The van der Waals surface area contributed by atoms with Crippen LogP contribution in [-0.2, 0) is 24.4 Å². The van der Waals surface area contributed by atoms with Crippen molar-refractivity contribution in [1.82, 2.24) is 29.4 Å². The van der Waals surface area contributed by atoms with E-state index in [1.807, 2.05) is 30.8 Å². The summed E-state index contributed by atoms with van der Waals surface area (Å²) in [5, 5.41) is 9.89. The standard InChI is InChI=1S/C22H22BrFN6O/c1-4-29-11-18(23)19(27-29)12-28(3)20(31)13-30-22-21(14(2)26-30)17(9-10-25-22)15-5-7-16(24)8-6-15/h5-11H,4,12-13H2,1-3H3. The van der Waals surface area contributed by atoms with Crippen LogP contribution in [0, 0.1) is 12.7 Å². The molecule has 3 heterocycles. The molecule has 0 aliphatic heterocycles. The smallest absolute Gasteiger partial charge is 0.244 e. The number of halogens is 2. The van der Waals surface area contributed by atoms with E-state index in [2.05, 4.69) is 31.1 Å². The molecule has 0 aliphatic carbocycles. The Morgan fingerprint density at radius 2 is 1.94 bits per heavy atom. The number of carbonyl (C=O) groups is 1. The largest absolute Gasteiger partial charge is 0.338 e. The predicted octanol–water partition coefficient (Wildman–Crippen LogP) is 4.18. The number of nitrogens with zero attached hydrogens (tertiary/aromatic N) is 6. The number of fused-ring (bicyclic) bond motifs is 1. The highest BCUT2D eigenvalue weighted by atomic mass is 79.9. The monoisotopic (exact) mass is 484 g/mol. The number of aromatic nitrogens is 5. The average Bonchev–Trinajstić information content (AvgIpc) is 3.28. The lowest BCUT2D eigenvalue weighted by molar-refractivity contribution is -0.131. The number of aryl methyl sites for hydroxylation is 2. The molecule has 0 radical (unpaired) electrons. The van der Waals surface area contributed by atoms with Crippen molar-refractivity contribution in [2.45, 2.75) is 33.5 Å². The van der Waals surface area contributed by atoms with Gasteiger partial charge in [-0.05, 0) is 59.1 Å². The molecule has 1 aromatic carbocycles. The molecule has 0 N–H and O–H groups in total. The Kier molecular flexibility index (Phi) is 5.86. The third-order valence-corrected chi connectivity index (χ3v) is 5.83. The van der Waals surface area contributed by atoms with E-state index in [0.717, 1.165) is 38.9 Å². The number of carbonyl (C=O) groups excluding carboxylic acids is 1. The minimum atomic E-state index is -0.287. The van der Waals surface area contributed by atoms with Gasteiger partial charge in [0, 0.05) is 31.4 Å². The Morgan fingerprint density at radius 1 is 1.19 bits per heavy atom. The normalized spacial score (nSPS) is 11.3. The summed E-state index contributed by atoms with van der Waals surface area (Å²) in [6.07, 6.45) is 3.58. The van der Waals surface area contributed by atoms with E-state index >= 15 is 0 Å². The van der Waals surface area contributed by atoms with Crippen LogP contribution < -0.4 is 0 Å². The molecule has 0 fully saturated rings. The highest BCUT2D eigenvalue weighted by molar-refractivity contribution is 9.10. The summed E-state index contributed by atoms with van der Waals surface area (Å²) in [5.41, 5.74) is 3.97. The van der Waals surface area contributed by atoms with Gasteiger partial charge in [-0.2, -0.15) is 10.2 Å². The number of benzene rings is 1. The van der Waals surface area contributed by atoms with Gasteiger partial charge in [0.2, 0.25) is 5.91 Å². The third kappa shape index (κ3) is 4.23. The Morgan fingerprint density at radius 3 is 2.61 bits per heavy atom. The lowest BCUT2D eigenvalue weighted by Gasteiger charge is -2.16. The van der Waals surface area contributed by atoms with Crippen molar-refractivity contribution in [1.29, 1.82) is 0 Å². The molecule has 1 amide bonds. The summed E-state index contributed by atoms with van der Waals surface area (Å²) in [7, 11) is 1.75. The molecule has 0 unspecified atom stereocenters. The van der Waals surface area contributed by atoms with Gasteiger partial charge in [-0.1, -0.05) is 12.1 Å². The van der Waals surface area contributed by atoms with Crippen molar-refractivity contribution in [2.24, 2.45) is 0 Å². The third-order valence-electron chi connectivity index (χ3n) is 5.17. The van der Waals surface area contributed by atoms with Gasteiger partial charge in [0.15, 0.2) is 5.65 Å². The minimum Gasteiger partial charge on any atom is -0.338 e. The second-order valence-electron chi connectivity index (χ2n) is 7.34. The summed E-state index contributed by atoms with van der Waals surface area (Å²) in [6, 6.07) is 8.19. The number of rotatable bonds is 6. The Bertz CT molecular complexity index is 1250. The number of likely N-dealkylation sites (N-methyl/N-ethyl adjacent to an activating group) is 1. The van der Waals surface area contributed by atoms with Crippen molar-refractivity contribution in [3.05, 3.63) is 64.4 Å². The molecule has 0 spiro atoms. The lowest BCUT2D eigenvalue weighted by atomic mass is 10.0. The number of pyridine rings is 1. The summed E-state index contributed by atoms with van der Waals surface area (Å²) in [4.78, 5) is 19.0. The van der Waals surface area contributed by atoms with E-state index in [-0.39, 0.29) is 18.3 Å². The van der Waals surface area contributed by atoms with Crippen LogP contribution in [-0.4, -0.2) is 42.4 Å². The second-order valence-corrected chi connectivity index (χ2v) is 8.19. The number of hydrogen-bond donors (Lipinski definition) is 0. The van der Waals surface area contributed by atoms with Crippen LogP contribution in [0.2, 0.25) is 0 Å². The lowest BCUT2D eigenvalue weighted by Crippen LogP contribution is -2.30. The molecule has 9 heteroatoms. The van der Waals surface area contributed by atoms with Crippen LogP contribution in [0.15, 0.2) is 47.2 Å². The van der Waals surface area contributed by atoms with Gasteiger partial charge in [0.25, 0.3) is 0 Å². The Balaban J connectivity index is 1.60. The minimum absolute atomic E-state index is 0.0623. The average molecular weight is 485 g/mol. The van der Waals surface area contributed by atoms with E-state index in [9.17, 15) is 9.18 Å². The highest BCUT2D eigenvalue weighted by Gasteiger charge is 2.19. The zero-order valence-electron chi connectivity index (χ0n) is 17.5. The van der Waals surface area contributed by atoms with E-state index in [0.29, 0.717) is 12.2 Å². The SMILES string of the molecule is CCn1cc(Br)c(CN(C)C(=O)Cn2nc(C)c3c(-c4ccc(F)cc4)ccnc32)n1. The van der Waals surface area contributed by atoms with Gasteiger partial charge in [-0.3, -0.25) is 9.48 Å². The summed E-state index contributed by atoms with van der Waals surface area (Å²) >= 11 is 3.50. The fourth-order valence-electron chi connectivity index (χ4n) is 3.53. The first-order valence-electron chi connectivity index (χ1n) is 9.91. The molecular weight excluding hydrogens is 463 g/mol. The van der Waals surface area contributed by atoms with Gasteiger partial charge >= 0.3 is 0 Å². The molecule has 3 aromatic heterocycles. The molecule has 160 valence electrons. The number of amides is 1. The molecule has 7 nitrogen and oxygen atoms in total. The van der Waals surface area contributed by atoms with Crippen molar-refractivity contribution < 1.29 is 9.18 Å². The first-order chi connectivity index (χ1) is 14.9. The van der Waals surface area contributed by atoms with Gasteiger partial charge < -0.3 is 4.90 Å². The van der Waals surface area contributed by atoms with Crippen LogP contribution in [0.25, 0.3) is 22.2 Å². The fourth-order valence-corrected chi connectivity index (χ4v) is 3.97. The first kappa shape index (κ1) is 21.2. The molecule has 0 bridgehead atoms. The molecule has 0 saturated heterocycles. The quantitative estimate of drug-likeness (QED) is 0.411. The maximum absolute atomic E-state index is 13.3. The van der Waals surface area contributed by atoms with Crippen molar-refractivity contribution in [3.8, 4) is 11.1 Å². The summed E-state index contributed by atoms with van der Waals surface area (Å²) in [5.74, 6) is -0.387. The molecule has 0 saturated carbocycles. The van der Waals surface area contributed by atoms with Gasteiger partial charge in [0.05, 0.1) is 22.4 Å². The second kappa shape index (κ2) is 8.58. The van der Waals surface area contributed by atoms with Gasteiger partial charge in [0.1, 0.15) is 12.4 Å². The van der Waals surface area contributed by atoms with Crippen LogP contribution in [0.1, 0.15) is 18.3 Å². The van der Waals surface area contributed by atoms with E-state index in [4.69, 9.17) is 0 Å². The maximum atomic E-state index is 13.3. The van der Waals surface area contributed by atoms with E-state index in [1.54, 1.807) is 35.0 Å². The van der Waals surface area contributed by atoms with Crippen LogP contribution in [0.4, 0.5) is 4.39 Å². The first-order valence-corrected chi connectivity index (χ1v) is 10.7. The van der Waals surface area contributed by atoms with Gasteiger partial charge in [-0.25, -0.2) is 14.1 Å². The van der Waals surface area contributed by atoms with Crippen molar-refractivity contribution in [2.75, 3.05) is 7.05 Å². The molecule has 4 aromatic rings. The summed E-state index contributed by atoms with van der Waals surface area (Å²) < 4.78 is 17.7. The molecule has 31 heavy (non-hydrogen) atoms. The zero-order valence-corrected chi connectivity index (χ0v) is 19.1. The van der Waals surface area contributed by atoms with Crippen LogP contribution in [0.5, 0.6) is 0 Å². The van der Waals surface area contributed by atoms with Crippen molar-refractivity contribution in [3.63, 3.8) is 0 Å². The summed E-state index contributed by atoms with van der Waals surface area (Å²) in [6.45, 7) is 5.11. The maximum Gasteiger partial charge on any atom is 0.244 e. The van der Waals surface area contributed by atoms with Gasteiger partial charge in [-0.15, -0.1) is 0 Å². The molecule has 4 rings (SSSR count). The van der Waals surface area contributed by atoms with Crippen molar-refractivity contribution >= 4 is 32.9 Å². The van der Waals surface area contributed by atoms with Crippen LogP contribution in [0.3, 0.4) is 0 Å². The van der Waals surface area contributed by atoms with E-state index < -0.39 is 0 Å². The molecule has 0 aliphatic rings. The van der Waals surface area contributed by atoms with Crippen LogP contribution >= 0.6 is 15.9 Å². The predicted molar refractivity (Wildman–Crippen MR) is 120 cm³/mol. The van der Waals surface area contributed by atoms with E-state index in [1.165, 1.54) is 12.1 Å². The Labute approximate surface area is 187 Å². The Hall–Kier alpha value is -3.07. The highest BCUT2D eigenvalue weighted by Crippen LogP contribution is 2.30. The zero-order chi connectivity index (χ0) is 22.1. The number of hydrogen-bond acceptors (Lipinski definition) is 4. The topological polar surface area (TPSA) is 68.8 Å².